The van der Waals surface area contributed by atoms with Gasteiger partial charge in [0.05, 0.1) is 5.25 Å². The normalized spacial score (nSPS) is 18.7. The van der Waals surface area contributed by atoms with E-state index in [0.29, 0.717) is 0 Å². The molecule has 0 spiro atoms. The number of nitrogens with zero attached hydrogens (tertiary/aromatic N) is 1. The van der Waals surface area contributed by atoms with Crippen LogP contribution in [-0.4, -0.2) is 61.5 Å². The Bertz CT molecular complexity index is 416. The van der Waals surface area contributed by atoms with Gasteiger partial charge in [0.1, 0.15) is 13.1 Å². The van der Waals surface area contributed by atoms with Crippen LogP contribution in [0, 0.1) is 0 Å². The van der Waals surface area contributed by atoms with E-state index in [1.54, 1.807) is 0 Å². The molecule has 112 valence electrons. The summed E-state index contributed by atoms with van der Waals surface area (Å²) >= 11 is 0. The summed E-state index contributed by atoms with van der Waals surface area (Å²) in [6.45, 7) is -2.72. The van der Waals surface area contributed by atoms with Gasteiger partial charge in [0.25, 0.3) is 0 Å². The second-order valence-electron chi connectivity index (χ2n) is 4.13. The largest absolute Gasteiger partial charge is 0.480 e. The standard InChI is InChI=1S/C9H14F3NO5S/c10-9(11,12)6-13(5-8(14)15)19(16,17)7-1-3-18-4-2-7/h7H,1-6H2,(H,14,15). The molecular weight excluding hydrogens is 291 g/mol. The number of rotatable bonds is 5. The van der Waals surface area contributed by atoms with Gasteiger partial charge < -0.3 is 9.84 Å². The zero-order chi connectivity index (χ0) is 14.7. The second kappa shape index (κ2) is 6.06. The predicted octanol–water partition coefficient (Wildman–Crippen LogP) is 0.444. The minimum atomic E-state index is -4.78. The van der Waals surface area contributed by atoms with Crippen molar-refractivity contribution in [3.63, 3.8) is 0 Å². The molecular formula is C9H14F3NO5S. The Hall–Kier alpha value is -0.870. The molecule has 0 aromatic rings. The maximum Gasteiger partial charge on any atom is 0.402 e. The summed E-state index contributed by atoms with van der Waals surface area (Å²) in [6.07, 6.45) is -4.65. The molecule has 1 fully saturated rings. The monoisotopic (exact) mass is 305 g/mol. The fraction of sp³-hybridized carbons (Fsp3) is 0.889. The van der Waals surface area contributed by atoms with Crippen molar-refractivity contribution >= 4 is 16.0 Å². The molecule has 0 bridgehead atoms. The van der Waals surface area contributed by atoms with Crippen molar-refractivity contribution in [2.75, 3.05) is 26.3 Å². The lowest BCUT2D eigenvalue weighted by molar-refractivity contribution is -0.146. The van der Waals surface area contributed by atoms with Gasteiger partial charge in [-0.05, 0) is 12.8 Å². The molecule has 1 rings (SSSR count). The molecule has 1 saturated heterocycles. The Kier molecular flexibility index (Phi) is 5.16. The fourth-order valence-electron chi connectivity index (χ4n) is 1.77. The molecule has 1 aliphatic heterocycles. The number of carboxylic acid groups (broad SMARTS) is 1. The van der Waals surface area contributed by atoms with Crippen molar-refractivity contribution in [2.45, 2.75) is 24.3 Å². The van der Waals surface area contributed by atoms with Gasteiger partial charge in [0, 0.05) is 13.2 Å². The van der Waals surface area contributed by atoms with E-state index in [2.05, 4.69) is 0 Å². The molecule has 6 nitrogen and oxygen atoms in total. The van der Waals surface area contributed by atoms with E-state index in [-0.39, 0.29) is 30.4 Å². The summed E-state index contributed by atoms with van der Waals surface area (Å²) in [5.74, 6) is -1.63. The first kappa shape index (κ1) is 16.2. The number of hydrogen-bond acceptors (Lipinski definition) is 4. The van der Waals surface area contributed by atoms with Crippen LogP contribution in [0.3, 0.4) is 0 Å². The van der Waals surface area contributed by atoms with Gasteiger partial charge in [-0.3, -0.25) is 4.79 Å². The first-order valence-corrected chi connectivity index (χ1v) is 6.98. The summed E-state index contributed by atoms with van der Waals surface area (Å²) in [6, 6.07) is 0. The Balaban J connectivity index is 2.90. The molecule has 1 N–H and O–H groups in total. The van der Waals surface area contributed by atoms with E-state index >= 15 is 0 Å². The number of ether oxygens (including phenoxy) is 1. The maximum atomic E-state index is 12.3. The molecule has 19 heavy (non-hydrogen) atoms. The third kappa shape index (κ3) is 4.96. The lowest BCUT2D eigenvalue weighted by Crippen LogP contribution is -2.47. The second-order valence-corrected chi connectivity index (χ2v) is 6.35. The summed E-state index contributed by atoms with van der Waals surface area (Å²) in [7, 11) is -4.30. The highest BCUT2D eigenvalue weighted by molar-refractivity contribution is 7.89. The van der Waals surface area contributed by atoms with E-state index in [0.717, 1.165) is 0 Å². The van der Waals surface area contributed by atoms with E-state index in [4.69, 9.17) is 9.84 Å². The first-order valence-electron chi connectivity index (χ1n) is 5.48. The van der Waals surface area contributed by atoms with Crippen LogP contribution in [0.4, 0.5) is 13.2 Å². The average Bonchev–Trinajstić information content (AvgIpc) is 2.27. The van der Waals surface area contributed by atoms with Gasteiger partial charge in [-0.15, -0.1) is 0 Å². The zero-order valence-electron chi connectivity index (χ0n) is 9.89. The lowest BCUT2D eigenvalue weighted by atomic mass is 10.2. The Morgan fingerprint density at radius 3 is 2.26 bits per heavy atom. The van der Waals surface area contributed by atoms with Crippen molar-refractivity contribution in [2.24, 2.45) is 0 Å². The molecule has 10 heteroatoms. The van der Waals surface area contributed by atoms with Crippen LogP contribution >= 0.6 is 0 Å². The third-order valence-corrected chi connectivity index (χ3v) is 4.91. The Labute approximate surface area is 108 Å². The fourth-order valence-corrected chi connectivity index (χ4v) is 3.60. The van der Waals surface area contributed by atoms with Crippen LogP contribution in [0.15, 0.2) is 0 Å². The molecule has 0 radical (unpaired) electrons. The van der Waals surface area contributed by atoms with Crippen LogP contribution in [0.5, 0.6) is 0 Å². The highest BCUT2D eigenvalue weighted by Crippen LogP contribution is 2.24. The minimum absolute atomic E-state index is 0.0225. The Morgan fingerprint density at radius 2 is 1.84 bits per heavy atom. The number of hydrogen-bond donors (Lipinski definition) is 1. The van der Waals surface area contributed by atoms with E-state index in [1.807, 2.05) is 0 Å². The quantitative estimate of drug-likeness (QED) is 0.797. The number of aliphatic carboxylic acids is 1. The maximum absolute atomic E-state index is 12.3. The molecule has 0 atom stereocenters. The van der Waals surface area contributed by atoms with Gasteiger partial charge in [0.2, 0.25) is 10.0 Å². The molecule has 0 aliphatic carbocycles. The van der Waals surface area contributed by atoms with Gasteiger partial charge in [-0.2, -0.15) is 17.5 Å². The number of sulfonamides is 1. The smallest absolute Gasteiger partial charge is 0.402 e. The summed E-state index contributed by atoms with van der Waals surface area (Å²) < 4.78 is 65.9. The van der Waals surface area contributed by atoms with Crippen LogP contribution < -0.4 is 0 Å². The zero-order valence-corrected chi connectivity index (χ0v) is 10.7. The summed E-state index contributed by atoms with van der Waals surface area (Å²) in [5, 5.41) is 7.52. The third-order valence-electron chi connectivity index (χ3n) is 2.62. The van der Waals surface area contributed by atoms with Crippen molar-refractivity contribution in [1.29, 1.82) is 0 Å². The molecule has 0 unspecified atom stereocenters. The van der Waals surface area contributed by atoms with Crippen LogP contribution in [0.1, 0.15) is 12.8 Å². The van der Waals surface area contributed by atoms with Crippen molar-refractivity contribution < 1.29 is 36.2 Å². The molecule has 1 aliphatic rings. The minimum Gasteiger partial charge on any atom is -0.480 e. The van der Waals surface area contributed by atoms with Crippen molar-refractivity contribution in [3.05, 3.63) is 0 Å². The molecule has 0 aromatic heterocycles. The predicted molar refractivity (Wildman–Crippen MR) is 58.0 cm³/mol. The van der Waals surface area contributed by atoms with Gasteiger partial charge in [-0.1, -0.05) is 0 Å². The SMILES string of the molecule is O=C(O)CN(CC(F)(F)F)S(=O)(=O)C1CCOCC1. The highest BCUT2D eigenvalue weighted by Gasteiger charge is 2.41. The number of alkyl halides is 3. The van der Waals surface area contributed by atoms with Crippen molar-refractivity contribution in [1.82, 2.24) is 4.31 Å². The lowest BCUT2D eigenvalue weighted by Gasteiger charge is -2.29. The number of carboxylic acids is 1. The molecule has 0 amide bonds. The topological polar surface area (TPSA) is 83.9 Å². The number of halogens is 3. The van der Waals surface area contributed by atoms with Crippen LogP contribution in [-0.2, 0) is 19.6 Å². The van der Waals surface area contributed by atoms with Crippen LogP contribution in [0.2, 0.25) is 0 Å². The molecule has 0 saturated carbocycles. The number of carbonyl (C=O) groups is 1. The van der Waals surface area contributed by atoms with Gasteiger partial charge >= 0.3 is 12.1 Å². The van der Waals surface area contributed by atoms with Gasteiger partial charge in [-0.25, -0.2) is 8.42 Å². The van der Waals surface area contributed by atoms with Gasteiger partial charge in [0.15, 0.2) is 0 Å². The van der Waals surface area contributed by atoms with Crippen LogP contribution in [0.25, 0.3) is 0 Å². The first-order chi connectivity index (χ1) is 8.63. The van der Waals surface area contributed by atoms with E-state index in [9.17, 15) is 26.4 Å². The highest BCUT2D eigenvalue weighted by atomic mass is 32.2. The Morgan fingerprint density at radius 1 is 1.32 bits per heavy atom. The average molecular weight is 305 g/mol. The molecule has 0 aromatic carbocycles. The molecule has 1 heterocycles. The van der Waals surface area contributed by atoms with Crippen molar-refractivity contribution in [3.8, 4) is 0 Å². The van der Waals surface area contributed by atoms with E-state index < -0.39 is 40.5 Å². The summed E-state index contributed by atoms with van der Waals surface area (Å²) in [4.78, 5) is 10.5. The summed E-state index contributed by atoms with van der Waals surface area (Å²) in [5.41, 5.74) is 0. The van der Waals surface area contributed by atoms with E-state index in [1.165, 1.54) is 0 Å².